The van der Waals surface area contributed by atoms with Crippen molar-refractivity contribution in [3.63, 3.8) is 0 Å². The number of nitrogen functional groups attached to an aromatic ring is 1. The molecule has 1 aromatic heterocycles. The molecule has 6 nitrogen and oxygen atoms in total. The third-order valence-corrected chi connectivity index (χ3v) is 2.93. The van der Waals surface area contributed by atoms with E-state index in [1.54, 1.807) is 0 Å². The fourth-order valence-electron chi connectivity index (χ4n) is 2.05. The highest BCUT2D eigenvalue weighted by Crippen LogP contribution is 2.16. The van der Waals surface area contributed by atoms with E-state index in [1.807, 2.05) is 13.0 Å². The number of nitrogens with two attached hydrogens (primary N) is 1. The average Bonchev–Trinajstić information content (AvgIpc) is 2.37. The van der Waals surface area contributed by atoms with Gasteiger partial charge in [0.15, 0.2) is 0 Å². The molecule has 0 bridgehead atoms. The topological polar surface area (TPSA) is 85.1 Å². The van der Waals surface area contributed by atoms with E-state index in [4.69, 9.17) is 10.5 Å². The van der Waals surface area contributed by atoms with E-state index in [0.29, 0.717) is 5.92 Å². The summed E-state index contributed by atoms with van der Waals surface area (Å²) in [6.45, 7) is 5.41. The van der Waals surface area contributed by atoms with Crippen molar-refractivity contribution in [3.8, 4) is 0 Å². The summed E-state index contributed by atoms with van der Waals surface area (Å²) in [6.07, 6.45) is 2.34. The van der Waals surface area contributed by atoms with Crippen LogP contribution in [-0.4, -0.2) is 36.3 Å². The van der Waals surface area contributed by atoms with Crippen LogP contribution in [0.2, 0.25) is 0 Å². The van der Waals surface area contributed by atoms with E-state index in [0.717, 1.165) is 44.4 Å². The lowest BCUT2D eigenvalue weighted by molar-refractivity contribution is 0.0595. The molecule has 1 unspecified atom stereocenters. The maximum absolute atomic E-state index is 5.67. The highest BCUT2D eigenvalue weighted by Gasteiger charge is 2.13. The van der Waals surface area contributed by atoms with E-state index in [9.17, 15) is 0 Å². The molecule has 4 N–H and O–H groups in total. The first-order chi connectivity index (χ1) is 8.78. The molecule has 100 valence electrons. The van der Waals surface area contributed by atoms with E-state index in [-0.39, 0.29) is 5.95 Å². The molecule has 1 fully saturated rings. The summed E-state index contributed by atoms with van der Waals surface area (Å²) >= 11 is 0. The molecule has 1 saturated heterocycles. The van der Waals surface area contributed by atoms with Crippen LogP contribution in [0.3, 0.4) is 0 Å². The van der Waals surface area contributed by atoms with Gasteiger partial charge >= 0.3 is 0 Å². The summed E-state index contributed by atoms with van der Waals surface area (Å²) in [7, 11) is 0. The van der Waals surface area contributed by atoms with Gasteiger partial charge in [-0.15, -0.1) is 0 Å². The molecule has 1 atom stereocenters. The Hall–Kier alpha value is -1.56. The Morgan fingerprint density at radius 2 is 2.17 bits per heavy atom. The van der Waals surface area contributed by atoms with Crippen molar-refractivity contribution in [2.24, 2.45) is 5.92 Å². The lowest BCUT2D eigenvalue weighted by atomic mass is 10.0. The number of rotatable bonds is 5. The number of nitrogens with one attached hydrogen (secondary N) is 2. The zero-order valence-electron chi connectivity index (χ0n) is 10.8. The van der Waals surface area contributed by atoms with Crippen LogP contribution in [0.1, 0.15) is 19.8 Å². The molecule has 6 heteroatoms. The Bertz CT molecular complexity index is 379. The van der Waals surface area contributed by atoms with Crippen LogP contribution in [0.15, 0.2) is 6.07 Å². The van der Waals surface area contributed by atoms with Gasteiger partial charge in [-0.05, 0) is 25.7 Å². The summed E-state index contributed by atoms with van der Waals surface area (Å²) in [6, 6.07) is 1.88. The van der Waals surface area contributed by atoms with Gasteiger partial charge in [0.05, 0.1) is 6.61 Å². The van der Waals surface area contributed by atoms with Gasteiger partial charge < -0.3 is 21.1 Å². The van der Waals surface area contributed by atoms with E-state index < -0.39 is 0 Å². The minimum Gasteiger partial charge on any atom is -0.381 e. The van der Waals surface area contributed by atoms with Gasteiger partial charge in [-0.1, -0.05) is 0 Å². The summed E-state index contributed by atoms with van der Waals surface area (Å²) < 4.78 is 5.45. The second kappa shape index (κ2) is 6.39. The van der Waals surface area contributed by atoms with E-state index in [2.05, 4.69) is 20.6 Å². The van der Waals surface area contributed by atoms with Gasteiger partial charge in [0.25, 0.3) is 0 Å². The van der Waals surface area contributed by atoms with Crippen LogP contribution >= 0.6 is 0 Å². The number of nitrogens with zero attached hydrogens (tertiary/aromatic N) is 2. The third kappa shape index (κ3) is 3.73. The van der Waals surface area contributed by atoms with Crippen LogP contribution in [0.25, 0.3) is 0 Å². The minimum atomic E-state index is 0.288. The molecule has 1 aliphatic heterocycles. The first-order valence-corrected chi connectivity index (χ1v) is 6.48. The van der Waals surface area contributed by atoms with Crippen LogP contribution in [0.5, 0.6) is 0 Å². The summed E-state index contributed by atoms with van der Waals surface area (Å²) in [5.74, 6) is 2.37. The van der Waals surface area contributed by atoms with Crippen molar-refractivity contribution in [2.45, 2.75) is 19.8 Å². The molecule has 1 aromatic rings. The highest BCUT2D eigenvalue weighted by atomic mass is 16.5. The standard InChI is InChI=1S/C12H21N5O/c1-2-14-10-6-11(17-12(13)16-10)15-7-9-4-3-5-18-8-9/h6,9H,2-5,7-8H2,1H3,(H4,13,14,15,16,17). The molecule has 18 heavy (non-hydrogen) atoms. The Kier molecular flexibility index (Phi) is 4.58. The van der Waals surface area contributed by atoms with Gasteiger partial charge in [0.1, 0.15) is 11.6 Å². The summed E-state index contributed by atoms with van der Waals surface area (Å²) in [4.78, 5) is 8.28. The Balaban J connectivity index is 1.91. The highest BCUT2D eigenvalue weighted by molar-refractivity contribution is 5.50. The second-order valence-corrected chi connectivity index (χ2v) is 4.49. The van der Waals surface area contributed by atoms with Gasteiger partial charge in [0, 0.05) is 25.8 Å². The van der Waals surface area contributed by atoms with Gasteiger partial charge in [-0.3, -0.25) is 0 Å². The lowest BCUT2D eigenvalue weighted by Gasteiger charge is -2.22. The monoisotopic (exact) mass is 251 g/mol. The average molecular weight is 251 g/mol. The van der Waals surface area contributed by atoms with Crippen LogP contribution in [-0.2, 0) is 4.74 Å². The molecule has 0 spiro atoms. The smallest absolute Gasteiger partial charge is 0.223 e. The molecule has 0 amide bonds. The fraction of sp³-hybridized carbons (Fsp3) is 0.667. The van der Waals surface area contributed by atoms with Gasteiger partial charge in [-0.2, -0.15) is 9.97 Å². The Labute approximate surface area is 107 Å². The molecule has 2 heterocycles. The summed E-state index contributed by atoms with van der Waals surface area (Å²) in [5.41, 5.74) is 5.67. The maximum atomic E-state index is 5.67. The Morgan fingerprint density at radius 1 is 1.39 bits per heavy atom. The molecule has 0 aromatic carbocycles. The van der Waals surface area contributed by atoms with Gasteiger partial charge in [-0.25, -0.2) is 0 Å². The quantitative estimate of drug-likeness (QED) is 0.732. The van der Waals surface area contributed by atoms with Crippen LogP contribution in [0, 0.1) is 5.92 Å². The van der Waals surface area contributed by atoms with Crippen molar-refractivity contribution in [3.05, 3.63) is 6.07 Å². The molecule has 0 aliphatic carbocycles. The predicted molar refractivity (Wildman–Crippen MR) is 72.6 cm³/mol. The zero-order valence-corrected chi connectivity index (χ0v) is 10.8. The number of anilines is 3. The lowest BCUT2D eigenvalue weighted by Crippen LogP contribution is -2.24. The van der Waals surface area contributed by atoms with E-state index in [1.165, 1.54) is 6.42 Å². The molecule has 1 aliphatic rings. The van der Waals surface area contributed by atoms with E-state index >= 15 is 0 Å². The first kappa shape index (κ1) is 12.9. The predicted octanol–water partition coefficient (Wildman–Crippen LogP) is 1.33. The largest absolute Gasteiger partial charge is 0.381 e. The van der Waals surface area contributed by atoms with Crippen LogP contribution < -0.4 is 16.4 Å². The van der Waals surface area contributed by atoms with Crippen molar-refractivity contribution in [1.82, 2.24) is 9.97 Å². The van der Waals surface area contributed by atoms with Crippen molar-refractivity contribution >= 4 is 17.6 Å². The zero-order chi connectivity index (χ0) is 12.8. The van der Waals surface area contributed by atoms with Crippen molar-refractivity contribution < 1.29 is 4.74 Å². The number of hydrogen-bond donors (Lipinski definition) is 3. The third-order valence-electron chi connectivity index (χ3n) is 2.93. The maximum Gasteiger partial charge on any atom is 0.223 e. The fourth-order valence-corrected chi connectivity index (χ4v) is 2.05. The molecule has 0 radical (unpaired) electrons. The van der Waals surface area contributed by atoms with Gasteiger partial charge in [0.2, 0.25) is 5.95 Å². The van der Waals surface area contributed by atoms with Crippen molar-refractivity contribution in [2.75, 3.05) is 42.7 Å². The molecular formula is C12H21N5O. The SMILES string of the molecule is CCNc1cc(NCC2CCCOC2)nc(N)n1. The molecular weight excluding hydrogens is 230 g/mol. The minimum absolute atomic E-state index is 0.288. The number of ether oxygens (including phenoxy) is 1. The summed E-state index contributed by atoms with van der Waals surface area (Å²) in [5, 5.41) is 6.43. The number of aromatic nitrogens is 2. The second-order valence-electron chi connectivity index (χ2n) is 4.49. The Morgan fingerprint density at radius 3 is 2.83 bits per heavy atom. The molecule has 2 rings (SSSR count). The normalized spacial score (nSPS) is 19.5. The van der Waals surface area contributed by atoms with Crippen molar-refractivity contribution in [1.29, 1.82) is 0 Å². The molecule has 0 saturated carbocycles. The number of hydrogen-bond acceptors (Lipinski definition) is 6. The first-order valence-electron chi connectivity index (χ1n) is 6.48. The van der Waals surface area contributed by atoms with Crippen LogP contribution in [0.4, 0.5) is 17.6 Å².